The largest absolute Gasteiger partial charge is 0.354 e. The Kier molecular flexibility index (Phi) is 6.52. The van der Waals surface area contributed by atoms with E-state index in [-0.39, 0.29) is 0 Å². The van der Waals surface area contributed by atoms with Crippen LogP contribution in [0, 0.1) is 11.6 Å². The second-order valence-corrected chi connectivity index (χ2v) is 7.95. The SMILES string of the molecule is CS(=O)(=O)N(CC(=O)NCCC1=CCCCC1)c1c(F)cccc1F. The molecule has 1 amide bonds. The summed E-state index contributed by atoms with van der Waals surface area (Å²) in [5, 5.41) is 2.61. The van der Waals surface area contributed by atoms with Gasteiger partial charge >= 0.3 is 0 Å². The smallest absolute Gasteiger partial charge is 0.240 e. The van der Waals surface area contributed by atoms with Gasteiger partial charge < -0.3 is 5.32 Å². The van der Waals surface area contributed by atoms with Gasteiger partial charge in [-0.25, -0.2) is 17.2 Å². The number of carbonyl (C=O) groups excluding carboxylic acids is 1. The number of sulfonamides is 1. The third-order valence-corrected chi connectivity index (χ3v) is 5.14. The number of nitrogens with zero attached hydrogens (tertiary/aromatic N) is 1. The molecular weight excluding hydrogens is 350 g/mol. The van der Waals surface area contributed by atoms with E-state index in [1.54, 1.807) is 0 Å². The number of nitrogens with one attached hydrogen (secondary N) is 1. The first kappa shape index (κ1) is 19.4. The van der Waals surface area contributed by atoms with Gasteiger partial charge in [0.1, 0.15) is 12.2 Å². The number of amides is 1. The third kappa shape index (κ3) is 5.52. The van der Waals surface area contributed by atoms with E-state index < -0.39 is 39.8 Å². The number of hydrogen-bond acceptors (Lipinski definition) is 3. The molecule has 1 N–H and O–H groups in total. The summed E-state index contributed by atoms with van der Waals surface area (Å²) >= 11 is 0. The number of halogens is 2. The van der Waals surface area contributed by atoms with Crippen LogP contribution in [-0.4, -0.2) is 33.7 Å². The summed E-state index contributed by atoms with van der Waals surface area (Å²) in [6, 6.07) is 3.03. The van der Waals surface area contributed by atoms with E-state index >= 15 is 0 Å². The second kappa shape index (κ2) is 8.42. The number of benzene rings is 1. The molecule has 1 aliphatic rings. The summed E-state index contributed by atoms with van der Waals surface area (Å²) < 4.78 is 52.0. The van der Waals surface area contributed by atoms with Gasteiger partial charge in [0.05, 0.1) is 6.26 Å². The fourth-order valence-electron chi connectivity index (χ4n) is 2.77. The third-order valence-electron chi connectivity index (χ3n) is 4.03. The molecule has 25 heavy (non-hydrogen) atoms. The van der Waals surface area contributed by atoms with E-state index in [0.29, 0.717) is 17.3 Å². The van der Waals surface area contributed by atoms with Crippen molar-refractivity contribution in [2.45, 2.75) is 32.1 Å². The van der Waals surface area contributed by atoms with Gasteiger partial charge in [0.15, 0.2) is 11.6 Å². The Morgan fingerprint density at radius 1 is 1.24 bits per heavy atom. The van der Waals surface area contributed by atoms with Crippen LogP contribution in [0.25, 0.3) is 0 Å². The lowest BCUT2D eigenvalue weighted by molar-refractivity contribution is -0.119. The van der Waals surface area contributed by atoms with Crippen molar-refractivity contribution in [1.29, 1.82) is 0 Å². The summed E-state index contributed by atoms with van der Waals surface area (Å²) in [5.41, 5.74) is 0.529. The quantitative estimate of drug-likeness (QED) is 0.749. The van der Waals surface area contributed by atoms with Crippen LogP contribution in [0.3, 0.4) is 0 Å². The van der Waals surface area contributed by atoms with Crippen LogP contribution in [0.2, 0.25) is 0 Å². The highest BCUT2D eigenvalue weighted by atomic mass is 32.2. The second-order valence-electron chi connectivity index (χ2n) is 6.05. The molecule has 8 heteroatoms. The minimum absolute atomic E-state index is 0.363. The molecule has 0 atom stereocenters. The van der Waals surface area contributed by atoms with Gasteiger partial charge in [-0.3, -0.25) is 9.10 Å². The molecule has 0 spiro atoms. The minimum atomic E-state index is -4.02. The van der Waals surface area contributed by atoms with E-state index in [1.165, 1.54) is 12.0 Å². The van der Waals surface area contributed by atoms with Crippen LogP contribution in [0.1, 0.15) is 32.1 Å². The molecule has 0 saturated carbocycles. The molecule has 0 unspecified atom stereocenters. The fourth-order valence-corrected chi connectivity index (χ4v) is 3.63. The molecule has 2 rings (SSSR count). The van der Waals surface area contributed by atoms with Crippen molar-refractivity contribution in [3.63, 3.8) is 0 Å². The van der Waals surface area contributed by atoms with Crippen molar-refractivity contribution in [3.8, 4) is 0 Å². The first-order valence-corrected chi connectivity index (χ1v) is 10.00. The van der Waals surface area contributed by atoms with Crippen molar-refractivity contribution in [1.82, 2.24) is 5.32 Å². The maximum absolute atomic E-state index is 13.9. The zero-order chi connectivity index (χ0) is 18.4. The Labute approximate surface area is 146 Å². The van der Waals surface area contributed by atoms with Crippen LogP contribution in [0.4, 0.5) is 14.5 Å². The van der Waals surface area contributed by atoms with Crippen molar-refractivity contribution in [3.05, 3.63) is 41.5 Å². The average Bonchev–Trinajstić information content (AvgIpc) is 2.54. The van der Waals surface area contributed by atoms with Gasteiger partial charge in [-0.15, -0.1) is 0 Å². The molecule has 0 heterocycles. The minimum Gasteiger partial charge on any atom is -0.354 e. The van der Waals surface area contributed by atoms with E-state index in [4.69, 9.17) is 0 Å². The molecule has 5 nitrogen and oxygen atoms in total. The number of hydrogen-bond donors (Lipinski definition) is 1. The highest BCUT2D eigenvalue weighted by Crippen LogP contribution is 2.25. The van der Waals surface area contributed by atoms with Gasteiger partial charge in [0.2, 0.25) is 15.9 Å². The van der Waals surface area contributed by atoms with Gasteiger partial charge in [0.25, 0.3) is 0 Å². The standard InChI is InChI=1S/C17H22F2N2O3S/c1-25(23,24)21(17-14(18)8-5-9-15(17)19)12-16(22)20-11-10-13-6-3-2-4-7-13/h5-6,8-9H,2-4,7,10-12H2,1H3,(H,20,22). The Bertz CT molecular complexity index is 743. The molecule has 0 aliphatic heterocycles. The molecule has 0 radical (unpaired) electrons. The van der Waals surface area contributed by atoms with Gasteiger partial charge in [-0.05, 0) is 44.2 Å². The van der Waals surface area contributed by atoms with Crippen LogP contribution in [0.15, 0.2) is 29.8 Å². The van der Waals surface area contributed by atoms with E-state index in [2.05, 4.69) is 11.4 Å². The summed E-state index contributed by atoms with van der Waals surface area (Å²) in [6.07, 6.45) is 8.01. The number of carbonyl (C=O) groups is 1. The highest BCUT2D eigenvalue weighted by Gasteiger charge is 2.26. The van der Waals surface area contributed by atoms with Crippen LogP contribution in [-0.2, 0) is 14.8 Å². The van der Waals surface area contributed by atoms with Gasteiger partial charge in [-0.1, -0.05) is 17.7 Å². The Morgan fingerprint density at radius 3 is 2.48 bits per heavy atom. The molecule has 0 bridgehead atoms. The number of anilines is 1. The fraction of sp³-hybridized carbons (Fsp3) is 0.471. The highest BCUT2D eigenvalue weighted by molar-refractivity contribution is 7.92. The molecule has 138 valence electrons. The number of rotatable bonds is 7. The number of allylic oxidation sites excluding steroid dienone is 1. The lowest BCUT2D eigenvalue weighted by Crippen LogP contribution is -2.41. The molecule has 0 aromatic heterocycles. The lowest BCUT2D eigenvalue weighted by Gasteiger charge is -2.23. The van der Waals surface area contributed by atoms with Gasteiger partial charge in [-0.2, -0.15) is 0 Å². The number of para-hydroxylation sites is 1. The van der Waals surface area contributed by atoms with Crippen LogP contribution >= 0.6 is 0 Å². The molecule has 1 aliphatic carbocycles. The van der Waals surface area contributed by atoms with Crippen molar-refractivity contribution in [2.75, 3.05) is 23.7 Å². The van der Waals surface area contributed by atoms with Crippen molar-refractivity contribution >= 4 is 21.6 Å². The molecule has 0 saturated heterocycles. The van der Waals surface area contributed by atoms with E-state index in [1.807, 2.05) is 0 Å². The average molecular weight is 372 g/mol. The Hall–Kier alpha value is -1.96. The molecule has 1 aromatic carbocycles. The zero-order valence-corrected chi connectivity index (χ0v) is 14.9. The van der Waals surface area contributed by atoms with Crippen molar-refractivity contribution < 1.29 is 22.0 Å². The lowest BCUT2D eigenvalue weighted by atomic mass is 9.97. The van der Waals surface area contributed by atoms with Gasteiger partial charge in [0, 0.05) is 6.54 Å². The maximum atomic E-state index is 13.9. The molecular formula is C17H22F2N2O3S. The first-order valence-electron chi connectivity index (χ1n) is 8.15. The summed E-state index contributed by atoms with van der Waals surface area (Å²) in [5.74, 6) is -2.68. The predicted octanol–water partition coefficient (Wildman–Crippen LogP) is 2.74. The molecule has 1 aromatic rings. The topological polar surface area (TPSA) is 66.5 Å². The monoisotopic (exact) mass is 372 g/mol. The van der Waals surface area contributed by atoms with E-state index in [9.17, 15) is 22.0 Å². The summed E-state index contributed by atoms with van der Waals surface area (Å²) in [6.45, 7) is -0.308. The Morgan fingerprint density at radius 2 is 1.92 bits per heavy atom. The van der Waals surface area contributed by atoms with Crippen LogP contribution < -0.4 is 9.62 Å². The van der Waals surface area contributed by atoms with Crippen LogP contribution in [0.5, 0.6) is 0 Å². The van der Waals surface area contributed by atoms with E-state index in [0.717, 1.165) is 43.7 Å². The Balaban J connectivity index is 2.02. The summed E-state index contributed by atoms with van der Waals surface area (Å²) in [4.78, 5) is 12.1. The predicted molar refractivity (Wildman–Crippen MR) is 92.7 cm³/mol. The molecule has 0 fully saturated rings. The summed E-state index contributed by atoms with van der Waals surface area (Å²) in [7, 11) is -4.02. The first-order chi connectivity index (χ1) is 11.8. The zero-order valence-electron chi connectivity index (χ0n) is 14.1. The normalized spacial score (nSPS) is 14.8. The van der Waals surface area contributed by atoms with Crippen molar-refractivity contribution in [2.24, 2.45) is 0 Å². The maximum Gasteiger partial charge on any atom is 0.240 e.